The summed E-state index contributed by atoms with van der Waals surface area (Å²) >= 11 is 0. The lowest BCUT2D eigenvalue weighted by Gasteiger charge is -2.06. The molecule has 0 radical (unpaired) electrons. The molecule has 0 fully saturated rings. The van der Waals surface area contributed by atoms with Crippen LogP contribution in [0, 0.1) is 0 Å². The zero-order valence-corrected chi connectivity index (χ0v) is 9.58. The second-order valence-electron chi connectivity index (χ2n) is 3.77. The molecule has 1 heterocycles. The summed E-state index contributed by atoms with van der Waals surface area (Å²) in [6.45, 7) is 1.72. The fourth-order valence-corrected chi connectivity index (χ4v) is 1.57. The summed E-state index contributed by atoms with van der Waals surface area (Å²) < 4.78 is 7.16. The van der Waals surface area contributed by atoms with Gasteiger partial charge in [0.15, 0.2) is 0 Å². The van der Waals surface area contributed by atoms with Crippen molar-refractivity contribution in [1.29, 1.82) is 0 Å². The Morgan fingerprint density at radius 2 is 1.76 bits per heavy atom. The minimum atomic E-state index is 0.0100. The lowest BCUT2D eigenvalue weighted by atomic mass is 10.2. The molecule has 1 aromatic heterocycles. The van der Waals surface area contributed by atoms with Gasteiger partial charge in [-0.2, -0.15) is 0 Å². The molecule has 0 aliphatic carbocycles. The number of benzene rings is 1. The molecule has 2 aromatic rings. The topological polar surface area (TPSA) is 31.2 Å². The van der Waals surface area contributed by atoms with Crippen LogP contribution in [0.1, 0.15) is 5.56 Å². The van der Waals surface area contributed by atoms with Crippen LogP contribution in [0.2, 0.25) is 0 Å². The molecule has 0 unspecified atom stereocenters. The quantitative estimate of drug-likeness (QED) is 0.735. The van der Waals surface area contributed by atoms with Gasteiger partial charge < -0.3 is 9.30 Å². The molecule has 3 heteroatoms. The van der Waals surface area contributed by atoms with Gasteiger partial charge in [-0.15, -0.1) is 0 Å². The van der Waals surface area contributed by atoms with E-state index < -0.39 is 0 Å². The van der Waals surface area contributed by atoms with Crippen LogP contribution in [0.15, 0.2) is 59.5 Å². The first-order chi connectivity index (χ1) is 8.36. The van der Waals surface area contributed by atoms with Crippen molar-refractivity contribution in [1.82, 2.24) is 4.57 Å². The maximum absolute atomic E-state index is 11.4. The van der Waals surface area contributed by atoms with Crippen LogP contribution < -0.4 is 5.56 Å². The Hall–Kier alpha value is -1.87. The van der Waals surface area contributed by atoms with Crippen molar-refractivity contribution in [2.24, 2.45) is 0 Å². The Labute approximate surface area is 100 Å². The number of ether oxygens (including phenoxy) is 1. The monoisotopic (exact) mass is 229 g/mol. The summed E-state index contributed by atoms with van der Waals surface area (Å²) in [5.74, 6) is 0. The first-order valence-electron chi connectivity index (χ1n) is 5.63. The minimum Gasteiger partial charge on any atom is -0.375 e. The fourth-order valence-electron chi connectivity index (χ4n) is 1.57. The average molecular weight is 229 g/mol. The second-order valence-corrected chi connectivity index (χ2v) is 3.77. The van der Waals surface area contributed by atoms with Crippen molar-refractivity contribution < 1.29 is 4.74 Å². The number of hydrogen-bond acceptors (Lipinski definition) is 2. The molecule has 0 saturated carbocycles. The van der Waals surface area contributed by atoms with E-state index >= 15 is 0 Å². The molecule has 0 amide bonds. The Kier molecular flexibility index (Phi) is 4.11. The highest BCUT2D eigenvalue weighted by Gasteiger charge is 1.95. The summed E-state index contributed by atoms with van der Waals surface area (Å²) in [5, 5.41) is 0. The number of hydrogen-bond donors (Lipinski definition) is 0. The highest BCUT2D eigenvalue weighted by molar-refractivity contribution is 5.13. The van der Waals surface area contributed by atoms with Gasteiger partial charge in [0.25, 0.3) is 5.56 Å². The van der Waals surface area contributed by atoms with Crippen molar-refractivity contribution in [2.75, 3.05) is 6.61 Å². The molecule has 0 saturated heterocycles. The van der Waals surface area contributed by atoms with Gasteiger partial charge in [-0.25, -0.2) is 0 Å². The lowest BCUT2D eigenvalue weighted by molar-refractivity contribution is 0.112. The van der Waals surface area contributed by atoms with Gasteiger partial charge >= 0.3 is 0 Å². The second kappa shape index (κ2) is 6.01. The van der Waals surface area contributed by atoms with E-state index in [0.29, 0.717) is 19.8 Å². The van der Waals surface area contributed by atoms with Crippen LogP contribution in [0.25, 0.3) is 0 Å². The zero-order chi connectivity index (χ0) is 11.9. The Morgan fingerprint density at radius 3 is 2.53 bits per heavy atom. The first-order valence-corrected chi connectivity index (χ1v) is 5.63. The largest absolute Gasteiger partial charge is 0.375 e. The van der Waals surface area contributed by atoms with E-state index in [0.717, 1.165) is 5.56 Å². The van der Waals surface area contributed by atoms with Crippen LogP contribution in [0.4, 0.5) is 0 Å². The number of aromatic nitrogens is 1. The van der Waals surface area contributed by atoms with E-state index in [1.807, 2.05) is 36.4 Å². The summed E-state index contributed by atoms with van der Waals surface area (Å²) in [4.78, 5) is 11.4. The Morgan fingerprint density at radius 1 is 1.00 bits per heavy atom. The Balaban J connectivity index is 1.78. The van der Waals surface area contributed by atoms with Gasteiger partial charge in [-0.05, 0) is 11.6 Å². The molecule has 0 aliphatic heterocycles. The van der Waals surface area contributed by atoms with Crippen molar-refractivity contribution in [2.45, 2.75) is 13.2 Å². The molecule has 0 atom stereocenters. The van der Waals surface area contributed by atoms with Gasteiger partial charge in [0, 0.05) is 18.8 Å². The third kappa shape index (κ3) is 3.57. The SMILES string of the molecule is O=c1ccccn1CCOCc1ccccc1. The van der Waals surface area contributed by atoms with Crippen molar-refractivity contribution in [3.8, 4) is 0 Å². The van der Waals surface area contributed by atoms with E-state index in [4.69, 9.17) is 4.74 Å². The highest BCUT2D eigenvalue weighted by atomic mass is 16.5. The van der Waals surface area contributed by atoms with Crippen LogP contribution in [-0.4, -0.2) is 11.2 Å². The van der Waals surface area contributed by atoms with E-state index in [1.165, 1.54) is 0 Å². The van der Waals surface area contributed by atoms with Gasteiger partial charge in [-0.3, -0.25) is 4.79 Å². The smallest absolute Gasteiger partial charge is 0.250 e. The number of rotatable bonds is 5. The third-order valence-electron chi connectivity index (χ3n) is 2.49. The zero-order valence-electron chi connectivity index (χ0n) is 9.58. The van der Waals surface area contributed by atoms with Crippen molar-refractivity contribution in [3.63, 3.8) is 0 Å². The molecule has 3 nitrogen and oxygen atoms in total. The standard InChI is InChI=1S/C14H15NO2/c16-14-8-4-5-9-15(14)10-11-17-12-13-6-2-1-3-7-13/h1-9H,10-12H2. The van der Waals surface area contributed by atoms with Crippen LogP contribution in [0.3, 0.4) is 0 Å². The molecule has 17 heavy (non-hydrogen) atoms. The van der Waals surface area contributed by atoms with Crippen molar-refractivity contribution in [3.05, 3.63) is 70.6 Å². The third-order valence-corrected chi connectivity index (χ3v) is 2.49. The fraction of sp³-hybridized carbons (Fsp3) is 0.214. The molecular formula is C14H15NO2. The normalized spacial score (nSPS) is 10.4. The number of pyridine rings is 1. The van der Waals surface area contributed by atoms with Gasteiger partial charge in [0.2, 0.25) is 0 Å². The molecule has 2 rings (SSSR count). The Bertz CT molecular complexity index is 505. The lowest BCUT2D eigenvalue weighted by Crippen LogP contribution is -2.20. The summed E-state index contributed by atoms with van der Waals surface area (Å²) in [6.07, 6.45) is 1.77. The molecule has 1 aromatic carbocycles. The van der Waals surface area contributed by atoms with Crippen molar-refractivity contribution >= 4 is 0 Å². The molecule has 88 valence electrons. The maximum atomic E-state index is 11.4. The predicted molar refractivity (Wildman–Crippen MR) is 66.8 cm³/mol. The predicted octanol–water partition coefficient (Wildman–Crippen LogP) is 2.07. The van der Waals surface area contributed by atoms with Gasteiger partial charge in [-0.1, -0.05) is 36.4 Å². The highest BCUT2D eigenvalue weighted by Crippen LogP contribution is 2.00. The van der Waals surface area contributed by atoms with Crippen LogP contribution in [-0.2, 0) is 17.9 Å². The van der Waals surface area contributed by atoms with E-state index in [9.17, 15) is 4.79 Å². The summed E-state index contributed by atoms with van der Waals surface area (Å²) in [7, 11) is 0. The molecule has 0 N–H and O–H groups in total. The van der Waals surface area contributed by atoms with E-state index in [1.54, 1.807) is 22.9 Å². The number of nitrogens with zero attached hydrogens (tertiary/aromatic N) is 1. The van der Waals surface area contributed by atoms with Gasteiger partial charge in [0.1, 0.15) is 0 Å². The summed E-state index contributed by atoms with van der Waals surface area (Å²) in [5.41, 5.74) is 1.16. The van der Waals surface area contributed by atoms with E-state index in [2.05, 4.69) is 0 Å². The van der Waals surface area contributed by atoms with Crippen LogP contribution in [0.5, 0.6) is 0 Å². The molecule has 0 spiro atoms. The van der Waals surface area contributed by atoms with Gasteiger partial charge in [0.05, 0.1) is 13.2 Å². The molecular weight excluding hydrogens is 214 g/mol. The van der Waals surface area contributed by atoms with E-state index in [-0.39, 0.29) is 5.56 Å². The maximum Gasteiger partial charge on any atom is 0.250 e. The summed E-state index contributed by atoms with van der Waals surface area (Å²) in [6, 6.07) is 15.1. The minimum absolute atomic E-state index is 0.0100. The first kappa shape index (κ1) is 11.6. The molecule has 0 bridgehead atoms. The average Bonchev–Trinajstić information content (AvgIpc) is 2.38. The van der Waals surface area contributed by atoms with Crippen LogP contribution >= 0.6 is 0 Å². The molecule has 0 aliphatic rings.